The Kier molecular flexibility index (Phi) is 6.27. The molecule has 0 saturated carbocycles. The lowest BCUT2D eigenvalue weighted by Crippen LogP contribution is -2.45. The Labute approximate surface area is 193 Å². The molecule has 0 saturated heterocycles. The van der Waals surface area contributed by atoms with Crippen molar-refractivity contribution in [2.24, 2.45) is 0 Å². The number of rotatable bonds is 7. The number of amides is 2. The van der Waals surface area contributed by atoms with Gasteiger partial charge in [0.05, 0.1) is 17.8 Å². The van der Waals surface area contributed by atoms with Gasteiger partial charge in [-0.3, -0.25) is 4.79 Å². The van der Waals surface area contributed by atoms with Crippen LogP contribution in [0.4, 0.5) is 19.3 Å². The number of nitrogens with one attached hydrogen (secondary N) is 2. The normalized spacial score (nSPS) is 12.4. The van der Waals surface area contributed by atoms with Crippen molar-refractivity contribution < 1.29 is 33.0 Å². The average molecular weight is 466 g/mol. The Bertz CT molecular complexity index is 1220. The van der Waals surface area contributed by atoms with Gasteiger partial charge in [0.25, 0.3) is 5.91 Å². The molecule has 1 aliphatic carbocycles. The summed E-state index contributed by atoms with van der Waals surface area (Å²) in [6, 6.07) is 20.5. The highest BCUT2D eigenvalue weighted by atomic mass is 19.3. The van der Waals surface area contributed by atoms with Crippen LogP contribution in [0.3, 0.4) is 0 Å². The second-order valence-corrected chi connectivity index (χ2v) is 7.69. The van der Waals surface area contributed by atoms with Gasteiger partial charge >= 0.3 is 18.0 Å². The number of benzene rings is 3. The molecular formula is C25H20F2N2O5. The second-order valence-electron chi connectivity index (χ2n) is 7.69. The van der Waals surface area contributed by atoms with Crippen molar-refractivity contribution in [3.63, 3.8) is 0 Å². The lowest BCUT2D eigenvalue weighted by Gasteiger charge is -2.18. The van der Waals surface area contributed by atoms with Crippen LogP contribution in [0.15, 0.2) is 72.8 Å². The molecule has 0 atom stereocenters. The average Bonchev–Trinajstić information content (AvgIpc) is 3.15. The maximum atomic E-state index is 14.3. The fourth-order valence-electron chi connectivity index (χ4n) is 3.91. The largest absolute Gasteiger partial charge is 0.478 e. The van der Waals surface area contributed by atoms with Crippen LogP contribution in [0.2, 0.25) is 0 Å². The number of carbonyl (C=O) groups is 3. The van der Waals surface area contributed by atoms with Crippen LogP contribution < -0.4 is 10.6 Å². The van der Waals surface area contributed by atoms with E-state index in [0.717, 1.165) is 22.3 Å². The molecule has 1 aliphatic rings. The number of aromatic carboxylic acids is 1. The Morgan fingerprint density at radius 3 is 2.06 bits per heavy atom. The van der Waals surface area contributed by atoms with Crippen LogP contribution in [0.25, 0.3) is 11.1 Å². The minimum absolute atomic E-state index is 0.0659. The summed E-state index contributed by atoms with van der Waals surface area (Å²) < 4.78 is 33.8. The summed E-state index contributed by atoms with van der Waals surface area (Å²) in [5.74, 6) is -7.37. The van der Waals surface area contributed by atoms with Crippen molar-refractivity contribution in [1.29, 1.82) is 0 Å². The minimum Gasteiger partial charge on any atom is -0.478 e. The van der Waals surface area contributed by atoms with Gasteiger partial charge in [-0.1, -0.05) is 60.7 Å². The quantitative estimate of drug-likeness (QED) is 0.476. The molecule has 0 aromatic heterocycles. The fourth-order valence-corrected chi connectivity index (χ4v) is 3.91. The highest BCUT2D eigenvalue weighted by Crippen LogP contribution is 2.44. The van der Waals surface area contributed by atoms with E-state index < -0.39 is 30.4 Å². The third-order valence-electron chi connectivity index (χ3n) is 5.54. The van der Waals surface area contributed by atoms with E-state index in [4.69, 9.17) is 9.84 Å². The number of hydrogen-bond acceptors (Lipinski definition) is 4. The predicted octanol–water partition coefficient (Wildman–Crippen LogP) is 4.50. The van der Waals surface area contributed by atoms with E-state index in [-0.39, 0.29) is 23.8 Å². The lowest BCUT2D eigenvalue weighted by molar-refractivity contribution is -0.138. The Hall–Kier alpha value is -4.27. The zero-order chi connectivity index (χ0) is 24.3. The number of carboxylic acids is 1. The van der Waals surface area contributed by atoms with E-state index in [1.807, 2.05) is 59.2 Å². The van der Waals surface area contributed by atoms with E-state index in [1.165, 1.54) is 24.3 Å². The van der Waals surface area contributed by atoms with Crippen LogP contribution in [-0.4, -0.2) is 42.2 Å². The monoisotopic (exact) mass is 466 g/mol. The standard InChI is InChI=1S/C25H20F2N2O5/c26-25(27,23(32)29-21-12-6-5-11-19(21)22(30)31)14-28-24(33)34-13-20-17-9-3-1-7-15(17)16-8-2-4-10-18(16)20/h1-12,20H,13-14H2,(H,28,33)(H,29,32)(H,30,31). The molecular weight excluding hydrogens is 446 g/mol. The Balaban J connectivity index is 1.35. The molecule has 4 rings (SSSR count). The summed E-state index contributed by atoms with van der Waals surface area (Å²) in [6.45, 7) is -1.38. The molecule has 0 heterocycles. The maximum Gasteiger partial charge on any atom is 0.407 e. The number of halogens is 2. The summed E-state index contributed by atoms with van der Waals surface area (Å²) in [5.41, 5.74) is 3.38. The van der Waals surface area contributed by atoms with Crippen LogP contribution in [0, 0.1) is 0 Å². The number of carbonyl (C=O) groups excluding carboxylic acids is 2. The van der Waals surface area contributed by atoms with Gasteiger partial charge in [0.2, 0.25) is 0 Å². The summed E-state index contributed by atoms with van der Waals surface area (Å²) in [6.07, 6.45) is -1.10. The van der Waals surface area contributed by atoms with Crippen LogP contribution in [0.1, 0.15) is 27.4 Å². The summed E-state index contributed by atoms with van der Waals surface area (Å²) in [5, 5.41) is 12.9. The van der Waals surface area contributed by atoms with Crippen molar-refractivity contribution in [3.05, 3.63) is 89.5 Å². The first-order valence-electron chi connectivity index (χ1n) is 10.4. The second kappa shape index (κ2) is 9.30. The first kappa shape index (κ1) is 22.9. The van der Waals surface area contributed by atoms with E-state index in [2.05, 4.69) is 0 Å². The molecule has 9 heteroatoms. The van der Waals surface area contributed by atoms with Crippen molar-refractivity contribution in [3.8, 4) is 11.1 Å². The van der Waals surface area contributed by atoms with Crippen molar-refractivity contribution >= 4 is 23.7 Å². The smallest absolute Gasteiger partial charge is 0.407 e. The molecule has 0 fully saturated rings. The zero-order valence-electron chi connectivity index (χ0n) is 17.8. The van der Waals surface area contributed by atoms with Crippen molar-refractivity contribution in [1.82, 2.24) is 5.32 Å². The topological polar surface area (TPSA) is 105 Å². The van der Waals surface area contributed by atoms with Crippen molar-refractivity contribution in [2.75, 3.05) is 18.5 Å². The molecule has 3 aromatic rings. The van der Waals surface area contributed by atoms with Gasteiger partial charge in [-0.25, -0.2) is 9.59 Å². The van der Waals surface area contributed by atoms with Crippen LogP contribution in [-0.2, 0) is 9.53 Å². The van der Waals surface area contributed by atoms with Gasteiger partial charge in [0.15, 0.2) is 0 Å². The van der Waals surface area contributed by atoms with Crippen molar-refractivity contribution in [2.45, 2.75) is 11.8 Å². The maximum absolute atomic E-state index is 14.3. The molecule has 174 valence electrons. The number of anilines is 1. The van der Waals surface area contributed by atoms with Crippen LogP contribution in [0.5, 0.6) is 0 Å². The predicted molar refractivity (Wildman–Crippen MR) is 120 cm³/mol. The molecule has 2 amide bonds. The summed E-state index contributed by atoms with van der Waals surface area (Å²) >= 11 is 0. The fraction of sp³-hybridized carbons (Fsp3) is 0.160. The SMILES string of the molecule is O=C(NCC(F)(F)C(=O)Nc1ccccc1C(=O)O)OCC1c2ccccc2-c2ccccc21. The Morgan fingerprint density at radius 2 is 1.44 bits per heavy atom. The third kappa shape index (κ3) is 4.59. The number of para-hydroxylation sites is 1. The summed E-state index contributed by atoms with van der Waals surface area (Å²) in [4.78, 5) is 35.3. The molecule has 3 aromatic carbocycles. The zero-order valence-corrected chi connectivity index (χ0v) is 17.8. The molecule has 0 radical (unpaired) electrons. The highest BCUT2D eigenvalue weighted by Gasteiger charge is 2.40. The van der Waals surface area contributed by atoms with Gasteiger partial charge in [0.1, 0.15) is 6.61 Å². The van der Waals surface area contributed by atoms with E-state index in [9.17, 15) is 23.2 Å². The molecule has 3 N–H and O–H groups in total. The number of alkyl carbamates (subject to hydrolysis) is 1. The summed E-state index contributed by atoms with van der Waals surface area (Å²) in [7, 11) is 0. The van der Waals surface area contributed by atoms with Gasteiger partial charge < -0.3 is 20.5 Å². The lowest BCUT2D eigenvalue weighted by atomic mass is 9.98. The minimum atomic E-state index is -4.00. The number of carboxylic acid groups (broad SMARTS) is 1. The number of hydrogen-bond donors (Lipinski definition) is 3. The van der Waals surface area contributed by atoms with E-state index in [0.29, 0.717) is 0 Å². The Morgan fingerprint density at radius 1 is 0.882 bits per heavy atom. The van der Waals surface area contributed by atoms with E-state index in [1.54, 1.807) is 0 Å². The third-order valence-corrected chi connectivity index (χ3v) is 5.54. The number of fused-ring (bicyclic) bond motifs is 3. The van der Waals surface area contributed by atoms with Gasteiger partial charge in [0, 0.05) is 5.92 Å². The van der Waals surface area contributed by atoms with Gasteiger partial charge in [-0.05, 0) is 34.4 Å². The molecule has 0 unspecified atom stereocenters. The first-order valence-corrected chi connectivity index (χ1v) is 10.4. The highest BCUT2D eigenvalue weighted by molar-refractivity contribution is 6.02. The number of ether oxygens (including phenoxy) is 1. The van der Waals surface area contributed by atoms with Crippen LogP contribution >= 0.6 is 0 Å². The molecule has 0 aliphatic heterocycles. The molecule has 7 nitrogen and oxygen atoms in total. The van der Waals surface area contributed by atoms with E-state index >= 15 is 0 Å². The van der Waals surface area contributed by atoms with Gasteiger partial charge in [-0.2, -0.15) is 8.78 Å². The molecule has 0 bridgehead atoms. The number of alkyl halides is 2. The van der Waals surface area contributed by atoms with Gasteiger partial charge in [-0.15, -0.1) is 0 Å². The molecule has 0 spiro atoms. The first-order chi connectivity index (χ1) is 16.3. The molecule has 34 heavy (non-hydrogen) atoms.